The molecule has 0 spiro atoms. The van der Waals surface area contributed by atoms with Crippen LogP contribution in [0.15, 0.2) is 42.5 Å². The first-order valence-electron chi connectivity index (χ1n) is 7.38. The number of aryl methyl sites for hydroxylation is 1. The van der Waals surface area contributed by atoms with Crippen molar-refractivity contribution in [2.24, 2.45) is 0 Å². The quantitative estimate of drug-likeness (QED) is 0.472. The van der Waals surface area contributed by atoms with Gasteiger partial charge in [-0.2, -0.15) is 0 Å². The number of hydrogen-bond donors (Lipinski definition) is 0. The summed E-state index contributed by atoms with van der Waals surface area (Å²) in [5.41, 5.74) is 1.52. The molecule has 2 aromatic carbocycles. The third-order valence-electron chi connectivity index (χ3n) is 3.68. The van der Waals surface area contributed by atoms with Gasteiger partial charge in [-0.1, -0.05) is 81.5 Å². The summed E-state index contributed by atoms with van der Waals surface area (Å²) in [7, 11) is 0. The number of unbranched alkanes of at least 4 members (excludes halogenated alkanes) is 5. The first kappa shape index (κ1) is 17.4. The van der Waals surface area contributed by atoms with Gasteiger partial charge in [-0.25, -0.2) is 0 Å². The van der Waals surface area contributed by atoms with E-state index in [9.17, 15) is 0 Å². The van der Waals surface area contributed by atoms with Crippen molar-refractivity contribution < 1.29 is 0 Å². The second-order valence-corrected chi connectivity index (χ2v) is 5.16. The topological polar surface area (TPSA) is 0 Å². The van der Waals surface area contributed by atoms with Crippen LogP contribution in [0.2, 0.25) is 0 Å². The maximum Gasteiger partial charge on any atom is 0 e. The van der Waals surface area contributed by atoms with Crippen LogP contribution in [0.4, 0.5) is 0 Å². The fourth-order valence-electron chi connectivity index (χ4n) is 2.61. The maximum atomic E-state index is 2.29. The number of rotatable bonds is 7. The summed E-state index contributed by atoms with van der Waals surface area (Å²) >= 11 is 0. The van der Waals surface area contributed by atoms with E-state index in [0.717, 1.165) is 0 Å². The summed E-state index contributed by atoms with van der Waals surface area (Å²) in [5.74, 6) is 0. The molecule has 0 amide bonds. The minimum Gasteiger partial charge on any atom is -0.0654 e. The number of fused-ring (bicyclic) bond motifs is 1. The average molecular weight is 279 g/mol. The van der Waals surface area contributed by atoms with Crippen LogP contribution in [-0.4, -0.2) is 51.4 Å². The predicted octanol–water partition coefficient (Wildman–Crippen LogP) is 5.36. The maximum absolute atomic E-state index is 2.29. The Bertz CT molecular complexity index is 471. The smallest absolute Gasteiger partial charge is 0 e. The van der Waals surface area contributed by atoms with E-state index in [1.54, 1.807) is 0 Å². The summed E-state index contributed by atoms with van der Waals surface area (Å²) in [6, 6.07) is 15.4. The molecule has 0 nitrogen and oxygen atoms in total. The van der Waals surface area contributed by atoms with Gasteiger partial charge in [0.25, 0.3) is 0 Å². The third kappa shape index (κ3) is 5.69. The second-order valence-electron chi connectivity index (χ2n) is 5.16. The molecule has 0 atom stereocenters. The Kier molecular flexibility index (Phi) is 9.26. The van der Waals surface area contributed by atoms with Crippen molar-refractivity contribution in [1.82, 2.24) is 0 Å². The van der Waals surface area contributed by atoms with Crippen LogP contribution < -0.4 is 0 Å². The zero-order valence-electron chi connectivity index (χ0n) is 12.5. The molecule has 0 unspecified atom stereocenters. The fourth-order valence-corrected chi connectivity index (χ4v) is 2.61. The average Bonchev–Trinajstić information content (AvgIpc) is 2.43. The van der Waals surface area contributed by atoms with E-state index in [1.165, 1.54) is 61.3 Å². The van der Waals surface area contributed by atoms with Crippen LogP contribution in [-0.2, 0) is 6.42 Å². The van der Waals surface area contributed by atoms with Gasteiger partial charge >= 0.3 is 0 Å². The SMILES string of the molecule is CCCCCCCCc1cccc2ccccc12.[K]. The van der Waals surface area contributed by atoms with Gasteiger partial charge in [0.1, 0.15) is 0 Å². The van der Waals surface area contributed by atoms with Gasteiger partial charge in [-0.05, 0) is 29.2 Å². The van der Waals surface area contributed by atoms with E-state index in [2.05, 4.69) is 49.4 Å². The van der Waals surface area contributed by atoms with Crippen LogP contribution in [0.5, 0.6) is 0 Å². The number of benzene rings is 2. The molecule has 97 valence electrons. The Hall–Kier alpha value is 0.336. The van der Waals surface area contributed by atoms with E-state index in [4.69, 9.17) is 0 Å². The van der Waals surface area contributed by atoms with Gasteiger partial charge in [0.15, 0.2) is 0 Å². The van der Waals surface area contributed by atoms with Gasteiger partial charge in [0.2, 0.25) is 0 Å². The van der Waals surface area contributed by atoms with Crippen LogP contribution in [0.3, 0.4) is 0 Å². The molecule has 0 saturated heterocycles. The summed E-state index contributed by atoms with van der Waals surface area (Å²) in [5, 5.41) is 2.81. The zero-order valence-corrected chi connectivity index (χ0v) is 15.6. The minimum atomic E-state index is 0. The summed E-state index contributed by atoms with van der Waals surface area (Å²) < 4.78 is 0. The Morgan fingerprint density at radius 2 is 1.42 bits per heavy atom. The molecule has 19 heavy (non-hydrogen) atoms. The summed E-state index contributed by atoms with van der Waals surface area (Å²) in [6.45, 7) is 2.27. The molecule has 1 radical (unpaired) electrons. The molecule has 1 heteroatoms. The molecule has 2 rings (SSSR count). The van der Waals surface area contributed by atoms with Gasteiger partial charge in [0, 0.05) is 51.4 Å². The summed E-state index contributed by atoms with van der Waals surface area (Å²) in [6.07, 6.45) is 9.48. The third-order valence-corrected chi connectivity index (χ3v) is 3.68. The molecule has 0 fully saturated rings. The van der Waals surface area contributed by atoms with Crippen molar-refractivity contribution in [3.05, 3.63) is 48.0 Å². The van der Waals surface area contributed by atoms with Crippen LogP contribution in [0, 0.1) is 0 Å². The molecule has 0 bridgehead atoms. The Balaban J connectivity index is 0.00000180. The first-order chi connectivity index (χ1) is 8.92. The molecule has 0 aromatic heterocycles. The van der Waals surface area contributed by atoms with Crippen LogP contribution >= 0.6 is 0 Å². The second kappa shape index (κ2) is 10.1. The molecule has 0 heterocycles. The first-order valence-corrected chi connectivity index (χ1v) is 7.38. The monoisotopic (exact) mass is 279 g/mol. The zero-order chi connectivity index (χ0) is 12.6. The Morgan fingerprint density at radius 3 is 2.26 bits per heavy atom. The molecule has 0 aliphatic carbocycles. The molecule has 0 N–H and O–H groups in total. The van der Waals surface area contributed by atoms with E-state index in [0.29, 0.717) is 0 Å². The van der Waals surface area contributed by atoms with Gasteiger partial charge in [-0.3, -0.25) is 0 Å². The molecule has 0 aliphatic heterocycles. The van der Waals surface area contributed by atoms with Gasteiger partial charge < -0.3 is 0 Å². The van der Waals surface area contributed by atoms with E-state index >= 15 is 0 Å². The van der Waals surface area contributed by atoms with Crippen molar-refractivity contribution in [3.8, 4) is 0 Å². The van der Waals surface area contributed by atoms with Gasteiger partial charge in [-0.15, -0.1) is 0 Å². The van der Waals surface area contributed by atoms with Crippen molar-refractivity contribution in [1.29, 1.82) is 0 Å². The van der Waals surface area contributed by atoms with Crippen molar-refractivity contribution in [2.75, 3.05) is 0 Å². The largest absolute Gasteiger partial charge is 0.0654 e. The minimum absolute atomic E-state index is 0. The molecule has 0 saturated carbocycles. The van der Waals surface area contributed by atoms with E-state index < -0.39 is 0 Å². The van der Waals surface area contributed by atoms with Crippen molar-refractivity contribution in [2.45, 2.75) is 51.9 Å². The van der Waals surface area contributed by atoms with Gasteiger partial charge in [0.05, 0.1) is 0 Å². The van der Waals surface area contributed by atoms with Crippen LogP contribution in [0.25, 0.3) is 10.8 Å². The van der Waals surface area contributed by atoms with E-state index in [-0.39, 0.29) is 51.4 Å². The van der Waals surface area contributed by atoms with Crippen molar-refractivity contribution in [3.63, 3.8) is 0 Å². The normalized spacial score (nSPS) is 10.4. The predicted molar refractivity (Wildman–Crippen MR) is 86.8 cm³/mol. The molecule has 2 aromatic rings. The molecular formula is C18H24K. The Morgan fingerprint density at radius 1 is 0.737 bits per heavy atom. The molecular weight excluding hydrogens is 255 g/mol. The number of hydrogen-bond acceptors (Lipinski definition) is 0. The fraction of sp³-hybridized carbons (Fsp3) is 0.444. The standard InChI is InChI=1S/C18H24.K/c1-2-3-4-5-6-7-11-16-13-10-14-17-12-8-9-15-18(16)17;/h8-10,12-15H,2-7,11H2,1H3;. The molecule has 0 aliphatic rings. The van der Waals surface area contributed by atoms with Crippen LogP contribution in [0.1, 0.15) is 51.0 Å². The summed E-state index contributed by atoms with van der Waals surface area (Å²) in [4.78, 5) is 0. The van der Waals surface area contributed by atoms with E-state index in [1.807, 2.05) is 0 Å². The van der Waals surface area contributed by atoms with Crippen molar-refractivity contribution >= 4 is 62.2 Å². The Labute approximate surface area is 160 Å².